The Kier molecular flexibility index (Phi) is 5.17. The number of ether oxygens (including phenoxy) is 2. The van der Waals surface area contributed by atoms with Gasteiger partial charge in [0.05, 0.1) is 12.7 Å². The number of methoxy groups -OCH3 is 1. The van der Waals surface area contributed by atoms with Crippen molar-refractivity contribution in [3.63, 3.8) is 0 Å². The van der Waals surface area contributed by atoms with Gasteiger partial charge in [-0.05, 0) is 26.0 Å². The lowest BCUT2D eigenvalue weighted by Gasteiger charge is -2.13. The molecular formula is C13H18N2O4. The number of benzene rings is 1. The van der Waals surface area contributed by atoms with Crippen LogP contribution in [0.2, 0.25) is 0 Å². The minimum Gasteiger partial charge on any atom is -0.497 e. The van der Waals surface area contributed by atoms with E-state index in [-0.39, 0.29) is 11.5 Å². The first-order valence-electron chi connectivity index (χ1n) is 5.91. The van der Waals surface area contributed by atoms with Gasteiger partial charge >= 0.3 is 5.97 Å². The van der Waals surface area contributed by atoms with E-state index in [0.717, 1.165) is 0 Å². The number of hydrogen-bond acceptors (Lipinski definition) is 5. The van der Waals surface area contributed by atoms with E-state index in [1.807, 2.05) is 0 Å². The number of nitrogen functional groups attached to an aromatic ring is 1. The second kappa shape index (κ2) is 6.63. The molecule has 6 nitrogen and oxygen atoms in total. The lowest BCUT2D eigenvalue weighted by atomic mass is 10.2. The standard InChI is InChI=1S/C13H18N2O4/c1-4-15-12(16)8(2)19-13(17)9-5-10(14)7-11(6-9)18-3/h5-8H,4,14H2,1-3H3,(H,15,16). The number of hydrogen-bond donors (Lipinski definition) is 2. The topological polar surface area (TPSA) is 90.7 Å². The molecule has 0 saturated heterocycles. The molecule has 0 fully saturated rings. The number of carbonyl (C=O) groups excluding carboxylic acids is 2. The van der Waals surface area contributed by atoms with Crippen LogP contribution in [0.5, 0.6) is 5.75 Å². The molecule has 1 rings (SSSR count). The van der Waals surface area contributed by atoms with Crippen molar-refractivity contribution in [2.24, 2.45) is 0 Å². The molecule has 1 amide bonds. The van der Waals surface area contributed by atoms with Gasteiger partial charge in [-0.2, -0.15) is 0 Å². The summed E-state index contributed by atoms with van der Waals surface area (Å²) in [6.45, 7) is 3.77. The van der Waals surface area contributed by atoms with Gasteiger partial charge in [0.15, 0.2) is 6.10 Å². The summed E-state index contributed by atoms with van der Waals surface area (Å²) in [4.78, 5) is 23.3. The Bertz CT molecular complexity index is 474. The minimum atomic E-state index is -0.861. The number of nitrogens with one attached hydrogen (secondary N) is 1. The molecule has 1 unspecified atom stereocenters. The van der Waals surface area contributed by atoms with E-state index in [1.165, 1.54) is 26.2 Å². The van der Waals surface area contributed by atoms with Crippen molar-refractivity contribution in [1.82, 2.24) is 5.32 Å². The van der Waals surface area contributed by atoms with Crippen LogP contribution in [0, 0.1) is 0 Å². The predicted molar refractivity (Wildman–Crippen MR) is 71.0 cm³/mol. The zero-order chi connectivity index (χ0) is 14.4. The molecule has 3 N–H and O–H groups in total. The van der Waals surface area contributed by atoms with Crippen LogP contribution >= 0.6 is 0 Å². The maximum Gasteiger partial charge on any atom is 0.339 e. The summed E-state index contributed by atoms with van der Waals surface area (Å²) in [5.74, 6) is -0.506. The fraction of sp³-hybridized carbons (Fsp3) is 0.385. The minimum absolute atomic E-state index is 0.244. The van der Waals surface area contributed by atoms with Gasteiger partial charge in [-0.15, -0.1) is 0 Å². The Morgan fingerprint density at radius 3 is 2.63 bits per heavy atom. The molecular weight excluding hydrogens is 248 g/mol. The average Bonchev–Trinajstić information content (AvgIpc) is 2.38. The van der Waals surface area contributed by atoms with E-state index < -0.39 is 12.1 Å². The molecule has 0 aromatic heterocycles. The summed E-state index contributed by atoms with van der Waals surface area (Å²) < 4.78 is 10.1. The van der Waals surface area contributed by atoms with E-state index in [0.29, 0.717) is 18.0 Å². The maximum atomic E-state index is 11.9. The van der Waals surface area contributed by atoms with Gasteiger partial charge < -0.3 is 20.5 Å². The van der Waals surface area contributed by atoms with Crippen molar-refractivity contribution in [2.75, 3.05) is 19.4 Å². The zero-order valence-electron chi connectivity index (χ0n) is 11.2. The molecule has 1 aromatic carbocycles. The van der Waals surface area contributed by atoms with Crippen molar-refractivity contribution in [1.29, 1.82) is 0 Å². The summed E-state index contributed by atoms with van der Waals surface area (Å²) >= 11 is 0. The summed E-state index contributed by atoms with van der Waals surface area (Å²) in [5.41, 5.74) is 6.27. The Morgan fingerprint density at radius 2 is 2.05 bits per heavy atom. The highest BCUT2D eigenvalue weighted by Gasteiger charge is 2.18. The first-order chi connectivity index (χ1) is 8.97. The van der Waals surface area contributed by atoms with Gasteiger partial charge in [0.2, 0.25) is 0 Å². The van der Waals surface area contributed by atoms with Gasteiger partial charge in [0.25, 0.3) is 5.91 Å². The number of nitrogens with two attached hydrogens (primary N) is 1. The largest absolute Gasteiger partial charge is 0.497 e. The van der Waals surface area contributed by atoms with E-state index in [2.05, 4.69) is 5.32 Å². The van der Waals surface area contributed by atoms with Crippen molar-refractivity contribution < 1.29 is 19.1 Å². The predicted octanol–water partition coefficient (Wildman–Crippen LogP) is 0.959. The summed E-state index contributed by atoms with van der Waals surface area (Å²) in [6, 6.07) is 4.56. The lowest BCUT2D eigenvalue weighted by molar-refractivity contribution is -0.128. The first kappa shape index (κ1) is 14.8. The summed E-state index contributed by atoms with van der Waals surface area (Å²) in [7, 11) is 1.47. The molecule has 19 heavy (non-hydrogen) atoms. The van der Waals surface area contributed by atoms with Crippen LogP contribution in [-0.4, -0.2) is 31.6 Å². The van der Waals surface area contributed by atoms with Gasteiger partial charge in [0.1, 0.15) is 5.75 Å². The van der Waals surface area contributed by atoms with Gasteiger partial charge in [-0.1, -0.05) is 0 Å². The van der Waals surface area contributed by atoms with Gasteiger partial charge in [-0.3, -0.25) is 4.79 Å². The average molecular weight is 266 g/mol. The van der Waals surface area contributed by atoms with E-state index in [9.17, 15) is 9.59 Å². The summed E-state index contributed by atoms with van der Waals surface area (Å²) in [5, 5.41) is 2.57. The Balaban J connectivity index is 2.78. The van der Waals surface area contributed by atoms with E-state index in [1.54, 1.807) is 13.0 Å². The number of rotatable bonds is 5. The number of esters is 1. The van der Waals surface area contributed by atoms with Crippen LogP contribution in [0.25, 0.3) is 0 Å². The third-order valence-electron chi connectivity index (χ3n) is 2.40. The summed E-state index contributed by atoms with van der Waals surface area (Å²) in [6.07, 6.45) is -0.861. The molecule has 1 aromatic rings. The number of likely N-dealkylation sites (N-methyl/N-ethyl adjacent to an activating group) is 1. The second-order valence-corrected chi connectivity index (χ2v) is 3.94. The van der Waals surface area contributed by atoms with E-state index >= 15 is 0 Å². The smallest absolute Gasteiger partial charge is 0.339 e. The van der Waals surface area contributed by atoms with E-state index in [4.69, 9.17) is 15.2 Å². The number of carbonyl (C=O) groups is 2. The van der Waals surface area contributed by atoms with Crippen LogP contribution in [0.15, 0.2) is 18.2 Å². The molecule has 0 radical (unpaired) electrons. The van der Waals surface area contributed by atoms with Crippen molar-refractivity contribution in [3.8, 4) is 5.75 Å². The molecule has 0 aliphatic carbocycles. The fourth-order valence-corrected chi connectivity index (χ4v) is 1.46. The van der Waals surface area contributed by atoms with Crippen LogP contribution < -0.4 is 15.8 Å². The SMILES string of the molecule is CCNC(=O)C(C)OC(=O)c1cc(N)cc(OC)c1. The molecule has 104 valence electrons. The Labute approximate surface area is 111 Å². The van der Waals surface area contributed by atoms with Crippen molar-refractivity contribution in [2.45, 2.75) is 20.0 Å². The molecule has 0 spiro atoms. The zero-order valence-corrected chi connectivity index (χ0v) is 11.2. The molecule has 0 aliphatic heterocycles. The number of anilines is 1. The lowest BCUT2D eigenvalue weighted by Crippen LogP contribution is -2.35. The van der Waals surface area contributed by atoms with Crippen LogP contribution in [0.1, 0.15) is 24.2 Å². The Morgan fingerprint density at radius 1 is 1.37 bits per heavy atom. The van der Waals surface area contributed by atoms with Gasteiger partial charge in [-0.25, -0.2) is 4.79 Å². The fourth-order valence-electron chi connectivity index (χ4n) is 1.46. The Hall–Kier alpha value is -2.24. The molecule has 1 atom stereocenters. The molecule has 6 heteroatoms. The quantitative estimate of drug-likeness (QED) is 0.612. The molecule has 0 heterocycles. The highest BCUT2D eigenvalue weighted by atomic mass is 16.5. The molecule has 0 aliphatic rings. The second-order valence-electron chi connectivity index (χ2n) is 3.94. The van der Waals surface area contributed by atoms with Crippen LogP contribution in [-0.2, 0) is 9.53 Å². The van der Waals surface area contributed by atoms with Crippen molar-refractivity contribution >= 4 is 17.6 Å². The maximum absolute atomic E-state index is 11.9. The van der Waals surface area contributed by atoms with Crippen molar-refractivity contribution in [3.05, 3.63) is 23.8 Å². The van der Waals surface area contributed by atoms with Crippen LogP contribution in [0.3, 0.4) is 0 Å². The normalized spacial score (nSPS) is 11.5. The third kappa shape index (κ3) is 4.17. The monoisotopic (exact) mass is 266 g/mol. The van der Waals surface area contributed by atoms with Crippen LogP contribution in [0.4, 0.5) is 5.69 Å². The highest BCUT2D eigenvalue weighted by molar-refractivity contribution is 5.93. The van der Waals surface area contributed by atoms with Gasteiger partial charge in [0, 0.05) is 18.3 Å². The third-order valence-corrected chi connectivity index (χ3v) is 2.40. The molecule has 0 bridgehead atoms. The highest BCUT2D eigenvalue weighted by Crippen LogP contribution is 2.19. The first-order valence-corrected chi connectivity index (χ1v) is 5.91. The number of amides is 1. The molecule has 0 saturated carbocycles.